The third-order valence-electron chi connectivity index (χ3n) is 2.20. The van der Waals surface area contributed by atoms with Crippen molar-refractivity contribution in [2.24, 2.45) is 0 Å². The molecule has 0 spiro atoms. The first kappa shape index (κ1) is 13.9. The summed E-state index contributed by atoms with van der Waals surface area (Å²) >= 11 is 0. The Bertz CT molecular complexity index is 481. The van der Waals surface area contributed by atoms with Gasteiger partial charge in [0.2, 0.25) is 0 Å². The summed E-state index contributed by atoms with van der Waals surface area (Å²) in [6.45, 7) is 4.00. The normalized spacial score (nSPS) is 9.06. The third-order valence-corrected chi connectivity index (χ3v) is 2.20. The molecule has 0 radical (unpaired) electrons. The van der Waals surface area contributed by atoms with E-state index in [0.29, 0.717) is 0 Å². The lowest BCUT2D eigenvalue weighted by Crippen LogP contribution is -2.19. The van der Waals surface area contributed by atoms with Crippen LogP contribution in [0.2, 0.25) is 0 Å². The molecule has 0 aliphatic carbocycles. The van der Waals surface area contributed by atoms with E-state index in [2.05, 4.69) is 4.98 Å². The van der Waals surface area contributed by atoms with Crippen LogP contribution in [0.4, 0.5) is 0 Å². The van der Waals surface area contributed by atoms with E-state index >= 15 is 0 Å². The molecule has 0 fully saturated rings. The van der Waals surface area contributed by atoms with Crippen LogP contribution in [0.1, 0.15) is 24.3 Å². The Hall–Kier alpha value is -2.20. The molecule has 18 heavy (non-hydrogen) atoms. The summed E-state index contributed by atoms with van der Waals surface area (Å²) < 4.78 is 0. The van der Waals surface area contributed by atoms with Crippen LogP contribution in [0.25, 0.3) is 11.1 Å². The summed E-state index contributed by atoms with van der Waals surface area (Å²) in [4.78, 5) is 15.0. The second kappa shape index (κ2) is 7.19. The number of benzene rings is 1. The Morgan fingerprint density at radius 1 is 1.06 bits per heavy atom. The fourth-order valence-corrected chi connectivity index (χ4v) is 1.39. The molecule has 0 saturated heterocycles. The van der Waals surface area contributed by atoms with Gasteiger partial charge in [0.25, 0.3) is 5.91 Å². The lowest BCUT2D eigenvalue weighted by atomic mass is 10.1. The van der Waals surface area contributed by atoms with Gasteiger partial charge in [0.15, 0.2) is 0 Å². The predicted octanol–water partition coefficient (Wildman–Crippen LogP) is 2.89. The molecule has 1 heterocycles. The lowest BCUT2D eigenvalue weighted by molar-refractivity contribution is 0.0701. The maximum absolute atomic E-state index is 11.0. The van der Waals surface area contributed by atoms with Crippen molar-refractivity contribution in [1.29, 1.82) is 0 Å². The van der Waals surface area contributed by atoms with E-state index < -0.39 is 5.91 Å². The number of aromatic nitrogens is 1. The van der Waals surface area contributed by atoms with Crippen LogP contribution < -0.4 is 5.48 Å². The molecule has 4 heteroatoms. The number of carbonyl (C=O) groups is 1. The number of carbonyl (C=O) groups excluding carboxylic acids is 1. The highest BCUT2D eigenvalue weighted by Gasteiger charge is 2.05. The first-order valence-electron chi connectivity index (χ1n) is 5.77. The van der Waals surface area contributed by atoms with E-state index in [0.717, 1.165) is 11.1 Å². The van der Waals surface area contributed by atoms with Gasteiger partial charge in [0.1, 0.15) is 5.69 Å². The Labute approximate surface area is 106 Å². The number of nitrogens with one attached hydrogen (secondary N) is 1. The molecule has 0 saturated carbocycles. The molecule has 0 aliphatic rings. The Morgan fingerprint density at radius 3 is 2.22 bits per heavy atom. The van der Waals surface area contributed by atoms with E-state index in [1.807, 2.05) is 44.2 Å². The van der Waals surface area contributed by atoms with Crippen molar-refractivity contribution in [3.8, 4) is 11.1 Å². The highest BCUT2D eigenvalue weighted by atomic mass is 16.5. The van der Waals surface area contributed by atoms with Gasteiger partial charge in [0, 0.05) is 11.8 Å². The lowest BCUT2D eigenvalue weighted by Gasteiger charge is -2.02. The molecule has 0 bridgehead atoms. The number of hydrogen-bond donors (Lipinski definition) is 2. The van der Waals surface area contributed by atoms with Crippen molar-refractivity contribution in [3.63, 3.8) is 0 Å². The van der Waals surface area contributed by atoms with Gasteiger partial charge in [-0.05, 0) is 11.6 Å². The van der Waals surface area contributed by atoms with Crippen molar-refractivity contribution < 1.29 is 10.0 Å². The van der Waals surface area contributed by atoms with Gasteiger partial charge in [-0.25, -0.2) is 5.48 Å². The second-order valence-electron chi connectivity index (χ2n) is 3.24. The summed E-state index contributed by atoms with van der Waals surface area (Å²) in [6.07, 6.45) is 1.60. The number of hydroxylamine groups is 1. The van der Waals surface area contributed by atoms with E-state index in [1.165, 1.54) is 5.48 Å². The molecule has 0 unspecified atom stereocenters. The number of pyridine rings is 1. The Morgan fingerprint density at radius 2 is 1.72 bits per heavy atom. The molecular formula is C14H16N2O2. The Balaban J connectivity index is 0.000000771. The summed E-state index contributed by atoms with van der Waals surface area (Å²) in [6, 6.07) is 13.1. The summed E-state index contributed by atoms with van der Waals surface area (Å²) in [5, 5.41) is 8.44. The van der Waals surface area contributed by atoms with Gasteiger partial charge in [-0.2, -0.15) is 0 Å². The van der Waals surface area contributed by atoms with E-state index in [9.17, 15) is 4.79 Å². The van der Waals surface area contributed by atoms with Crippen molar-refractivity contribution in [3.05, 3.63) is 54.4 Å². The van der Waals surface area contributed by atoms with Crippen LogP contribution in [0.3, 0.4) is 0 Å². The second-order valence-corrected chi connectivity index (χ2v) is 3.24. The standard InChI is InChI=1S/C12H10N2O2.C2H6/c15-12(14-16)11-7-6-10(8-13-11)9-4-2-1-3-5-9;1-2/h1-8,16H,(H,14,15);1-2H3. The fraction of sp³-hybridized carbons (Fsp3) is 0.143. The van der Waals surface area contributed by atoms with Gasteiger partial charge in [0.05, 0.1) is 0 Å². The molecule has 1 aromatic carbocycles. The molecule has 1 aromatic heterocycles. The van der Waals surface area contributed by atoms with Crippen LogP contribution in [0.5, 0.6) is 0 Å². The van der Waals surface area contributed by atoms with Crippen LogP contribution in [0, 0.1) is 0 Å². The van der Waals surface area contributed by atoms with Gasteiger partial charge < -0.3 is 0 Å². The molecular weight excluding hydrogens is 228 g/mol. The average Bonchev–Trinajstić information content (AvgIpc) is 2.49. The van der Waals surface area contributed by atoms with Crippen LogP contribution in [0.15, 0.2) is 48.7 Å². The third kappa shape index (κ3) is 3.40. The van der Waals surface area contributed by atoms with Crippen LogP contribution >= 0.6 is 0 Å². The smallest absolute Gasteiger partial charge is 0.288 e. The van der Waals surface area contributed by atoms with E-state index in [-0.39, 0.29) is 5.69 Å². The van der Waals surface area contributed by atoms with Gasteiger partial charge in [-0.15, -0.1) is 0 Å². The minimum absolute atomic E-state index is 0.183. The van der Waals surface area contributed by atoms with Crippen LogP contribution in [-0.2, 0) is 0 Å². The minimum atomic E-state index is -0.611. The Kier molecular flexibility index (Phi) is 5.54. The highest BCUT2D eigenvalue weighted by Crippen LogP contribution is 2.17. The molecule has 0 aliphatic heterocycles. The number of nitrogens with zero attached hydrogens (tertiary/aromatic N) is 1. The molecule has 4 nitrogen and oxygen atoms in total. The van der Waals surface area contributed by atoms with E-state index in [4.69, 9.17) is 5.21 Å². The first-order chi connectivity index (χ1) is 8.81. The van der Waals surface area contributed by atoms with Crippen molar-refractivity contribution in [2.45, 2.75) is 13.8 Å². The highest BCUT2D eigenvalue weighted by molar-refractivity contribution is 5.91. The van der Waals surface area contributed by atoms with Crippen molar-refractivity contribution >= 4 is 5.91 Å². The summed E-state index contributed by atoms with van der Waals surface area (Å²) in [5.41, 5.74) is 3.68. The quantitative estimate of drug-likeness (QED) is 0.630. The molecule has 94 valence electrons. The van der Waals surface area contributed by atoms with Crippen molar-refractivity contribution in [1.82, 2.24) is 10.5 Å². The molecule has 0 atom stereocenters. The maximum Gasteiger partial charge on any atom is 0.293 e. The zero-order valence-electron chi connectivity index (χ0n) is 10.4. The van der Waals surface area contributed by atoms with Gasteiger partial charge >= 0.3 is 0 Å². The minimum Gasteiger partial charge on any atom is -0.288 e. The molecule has 1 amide bonds. The fourth-order valence-electron chi connectivity index (χ4n) is 1.39. The van der Waals surface area contributed by atoms with Crippen molar-refractivity contribution in [2.75, 3.05) is 0 Å². The molecule has 2 N–H and O–H groups in total. The maximum atomic E-state index is 11.0. The zero-order chi connectivity index (χ0) is 13.4. The summed E-state index contributed by atoms with van der Waals surface area (Å²) in [5.74, 6) is -0.611. The molecule has 2 rings (SSSR count). The topological polar surface area (TPSA) is 62.2 Å². The average molecular weight is 244 g/mol. The monoisotopic (exact) mass is 244 g/mol. The largest absolute Gasteiger partial charge is 0.293 e. The van der Waals surface area contributed by atoms with Gasteiger partial charge in [-0.3, -0.25) is 15.0 Å². The first-order valence-corrected chi connectivity index (χ1v) is 5.77. The van der Waals surface area contributed by atoms with Gasteiger partial charge in [-0.1, -0.05) is 50.2 Å². The SMILES string of the molecule is CC.O=C(NO)c1ccc(-c2ccccc2)cn1. The number of rotatable bonds is 2. The van der Waals surface area contributed by atoms with E-state index in [1.54, 1.807) is 18.3 Å². The number of hydrogen-bond acceptors (Lipinski definition) is 3. The molecule has 2 aromatic rings. The zero-order valence-corrected chi connectivity index (χ0v) is 10.4. The predicted molar refractivity (Wildman–Crippen MR) is 70.3 cm³/mol. The number of amides is 1. The summed E-state index contributed by atoms with van der Waals surface area (Å²) in [7, 11) is 0. The van der Waals surface area contributed by atoms with Crippen LogP contribution in [-0.4, -0.2) is 16.1 Å².